The van der Waals surface area contributed by atoms with Gasteiger partial charge in [-0.3, -0.25) is 0 Å². The quantitative estimate of drug-likeness (QED) is 0.464. The molecule has 4 nitrogen and oxygen atoms in total. The van der Waals surface area contributed by atoms with Gasteiger partial charge in [0.1, 0.15) is 0 Å². The van der Waals surface area contributed by atoms with Crippen LogP contribution in [0.15, 0.2) is 50.0 Å². The molecular weight excluding hydrogens is 352 g/mol. The van der Waals surface area contributed by atoms with Crippen LogP contribution in [0.3, 0.4) is 0 Å². The fraction of sp³-hybridized carbons (Fsp3) is 0.667. The Labute approximate surface area is 171 Å². The summed E-state index contributed by atoms with van der Waals surface area (Å²) in [6, 6.07) is 0. The van der Waals surface area contributed by atoms with Crippen LogP contribution in [0.2, 0.25) is 0 Å². The van der Waals surface area contributed by atoms with Crippen molar-refractivity contribution in [1.29, 1.82) is 0 Å². The van der Waals surface area contributed by atoms with Gasteiger partial charge in [-0.15, -0.1) is 0 Å². The van der Waals surface area contributed by atoms with E-state index in [0.29, 0.717) is 31.0 Å². The van der Waals surface area contributed by atoms with E-state index in [1.54, 1.807) is 0 Å². The Morgan fingerprint density at radius 3 is 1.46 bits per heavy atom. The maximum absolute atomic E-state index is 9.14. The molecule has 0 aromatic heterocycles. The van der Waals surface area contributed by atoms with Crippen LogP contribution in [-0.2, 0) is 9.47 Å². The third kappa shape index (κ3) is 4.55. The molecule has 4 rings (SSSR count). The normalized spacial score (nSPS) is 31.2. The van der Waals surface area contributed by atoms with Crippen molar-refractivity contribution >= 4 is 0 Å². The van der Waals surface area contributed by atoms with E-state index < -0.39 is 0 Å². The third-order valence-corrected chi connectivity index (χ3v) is 6.86. The Bertz CT molecular complexity index is 549. The van der Waals surface area contributed by atoms with Gasteiger partial charge in [0.25, 0.3) is 0 Å². The van der Waals surface area contributed by atoms with Gasteiger partial charge in [0, 0.05) is 10.8 Å². The van der Waals surface area contributed by atoms with E-state index in [4.69, 9.17) is 19.7 Å². The van der Waals surface area contributed by atoms with Crippen molar-refractivity contribution in [2.24, 2.45) is 34.5 Å². The number of hydrogen-bond donors (Lipinski definition) is 2. The van der Waals surface area contributed by atoms with Gasteiger partial charge in [-0.05, 0) is 49.4 Å². The van der Waals surface area contributed by atoms with Crippen LogP contribution in [0, 0.1) is 34.5 Å². The number of aliphatic hydroxyl groups excluding tert-OH is 2. The van der Waals surface area contributed by atoms with Gasteiger partial charge in [-0.25, -0.2) is 0 Å². The smallest absolute Gasteiger partial charge is 0.0967 e. The maximum atomic E-state index is 9.14. The summed E-state index contributed by atoms with van der Waals surface area (Å²) in [5, 5.41) is 18.3. The first-order chi connectivity index (χ1) is 12.6. The number of hydrogen-bond acceptors (Lipinski definition) is 4. The molecule has 160 valence electrons. The summed E-state index contributed by atoms with van der Waals surface area (Å²) in [5.74, 6) is 2.38. The highest BCUT2D eigenvalue weighted by Crippen LogP contribution is 2.53. The Kier molecular flexibility index (Phi) is 9.03. The summed E-state index contributed by atoms with van der Waals surface area (Å²) in [4.78, 5) is 0. The van der Waals surface area contributed by atoms with Crippen LogP contribution < -0.4 is 0 Å². The molecule has 2 N–H and O–H groups in total. The van der Waals surface area contributed by atoms with Gasteiger partial charge in [-0.2, -0.15) is 0 Å². The standard InChI is InChI=1S/C13H18O2.C9H14O2.2CH4/c1-3-14-9-13(10-15-4-2)8-11-5-6-12(13)7-11;10-5-9(6-11)4-7-1-2-8(9)3-7;;/h3-6,11-12H,1-2,7-10H2;1-2,7-8,10-11H,3-6H2;2*1H4. The van der Waals surface area contributed by atoms with Gasteiger partial charge in [0.15, 0.2) is 0 Å². The van der Waals surface area contributed by atoms with Crippen LogP contribution in [0.25, 0.3) is 0 Å². The van der Waals surface area contributed by atoms with Crippen molar-refractivity contribution in [2.45, 2.75) is 40.5 Å². The number of rotatable bonds is 8. The SMILES string of the molecule is C.C.C=COCC1(COC=C)CC2C=CC1C2.OCC1(CO)CC2C=CC1C2. The van der Waals surface area contributed by atoms with Crippen molar-refractivity contribution in [3.63, 3.8) is 0 Å². The molecule has 0 spiro atoms. The average Bonchev–Trinajstić information content (AvgIpc) is 3.45. The second kappa shape index (κ2) is 10.3. The second-order valence-corrected chi connectivity index (χ2v) is 8.38. The van der Waals surface area contributed by atoms with E-state index in [-0.39, 0.29) is 38.9 Å². The van der Waals surface area contributed by atoms with E-state index in [1.165, 1.54) is 18.9 Å². The number of ether oxygens (including phenoxy) is 2. The first-order valence-electron chi connectivity index (χ1n) is 9.65. The Morgan fingerprint density at radius 1 is 0.786 bits per heavy atom. The fourth-order valence-electron chi connectivity index (χ4n) is 5.34. The summed E-state index contributed by atoms with van der Waals surface area (Å²) in [6.45, 7) is 8.86. The van der Waals surface area contributed by atoms with E-state index in [9.17, 15) is 0 Å². The van der Waals surface area contributed by atoms with Crippen molar-refractivity contribution in [3.8, 4) is 0 Å². The van der Waals surface area contributed by atoms with Crippen LogP contribution in [-0.4, -0.2) is 36.6 Å². The molecule has 0 saturated heterocycles. The molecule has 0 aliphatic heterocycles. The highest BCUT2D eigenvalue weighted by atomic mass is 16.5. The second-order valence-electron chi connectivity index (χ2n) is 8.38. The highest BCUT2D eigenvalue weighted by molar-refractivity contribution is 5.16. The lowest BCUT2D eigenvalue weighted by Gasteiger charge is -2.34. The first-order valence-corrected chi connectivity index (χ1v) is 9.65. The summed E-state index contributed by atoms with van der Waals surface area (Å²) >= 11 is 0. The number of fused-ring (bicyclic) bond motifs is 4. The molecule has 0 amide bonds. The number of aliphatic hydroxyl groups is 2. The van der Waals surface area contributed by atoms with Crippen molar-refractivity contribution in [1.82, 2.24) is 0 Å². The Hall–Kier alpha value is -1.52. The molecule has 2 fully saturated rings. The third-order valence-electron chi connectivity index (χ3n) is 6.86. The minimum atomic E-state index is -0.181. The molecule has 4 unspecified atom stereocenters. The molecular formula is C24H40O4. The van der Waals surface area contributed by atoms with Gasteiger partial charge in [-0.1, -0.05) is 52.3 Å². The topological polar surface area (TPSA) is 58.9 Å². The molecule has 0 aromatic carbocycles. The predicted molar refractivity (Wildman–Crippen MR) is 116 cm³/mol. The zero-order valence-electron chi connectivity index (χ0n) is 15.6. The summed E-state index contributed by atoms with van der Waals surface area (Å²) < 4.78 is 10.8. The van der Waals surface area contributed by atoms with E-state index in [0.717, 1.165) is 25.2 Å². The van der Waals surface area contributed by atoms with Crippen LogP contribution in [0.5, 0.6) is 0 Å². The van der Waals surface area contributed by atoms with Crippen LogP contribution >= 0.6 is 0 Å². The summed E-state index contributed by atoms with van der Waals surface area (Å²) in [5.41, 5.74) is -0.0405. The van der Waals surface area contributed by atoms with Gasteiger partial charge in [0.2, 0.25) is 0 Å². The maximum Gasteiger partial charge on any atom is 0.0967 e. The molecule has 4 heteroatoms. The van der Waals surface area contributed by atoms with Gasteiger partial charge in [0.05, 0.1) is 39.0 Å². The van der Waals surface area contributed by atoms with Crippen molar-refractivity contribution in [2.75, 3.05) is 26.4 Å². The Morgan fingerprint density at radius 2 is 1.21 bits per heavy atom. The predicted octanol–water partition coefficient (Wildman–Crippen LogP) is 4.71. The van der Waals surface area contributed by atoms with Crippen LogP contribution in [0.4, 0.5) is 0 Å². The molecule has 0 aromatic rings. The first kappa shape index (κ1) is 24.5. The summed E-state index contributed by atoms with van der Waals surface area (Å²) in [6.07, 6.45) is 16.6. The molecule has 0 heterocycles. The lowest BCUT2D eigenvalue weighted by molar-refractivity contribution is 0.0194. The Balaban J connectivity index is 0.000000271. The zero-order chi connectivity index (χ0) is 18.6. The molecule has 0 radical (unpaired) electrons. The van der Waals surface area contributed by atoms with E-state index in [2.05, 4.69) is 37.5 Å². The zero-order valence-corrected chi connectivity index (χ0v) is 15.6. The average molecular weight is 393 g/mol. The van der Waals surface area contributed by atoms with E-state index in [1.807, 2.05) is 0 Å². The fourth-order valence-corrected chi connectivity index (χ4v) is 5.34. The van der Waals surface area contributed by atoms with Crippen molar-refractivity contribution in [3.05, 3.63) is 50.0 Å². The molecule has 4 bridgehead atoms. The monoisotopic (exact) mass is 392 g/mol. The number of allylic oxidation sites excluding steroid dienone is 4. The minimum absolute atomic E-state index is 0. The molecule has 2 saturated carbocycles. The summed E-state index contributed by atoms with van der Waals surface area (Å²) in [7, 11) is 0. The van der Waals surface area contributed by atoms with Crippen LogP contribution in [0.1, 0.15) is 40.5 Å². The molecule has 4 aliphatic rings. The lowest BCUT2D eigenvalue weighted by Crippen LogP contribution is -2.35. The molecule has 28 heavy (non-hydrogen) atoms. The molecule has 4 aliphatic carbocycles. The van der Waals surface area contributed by atoms with Gasteiger partial charge < -0.3 is 19.7 Å². The molecule has 4 atom stereocenters. The lowest BCUT2D eigenvalue weighted by atomic mass is 9.77. The minimum Gasteiger partial charge on any atom is -0.501 e. The highest BCUT2D eigenvalue weighted by Gasteiger charge is 2.49. The van der Waals surface area contributed by atoms with Gasteiger partial charge >= 0.3 is 0 Å². The van der Waals surface area contributed by atoms with Crippen molar-refractivity contribution < 1.29 is 19.7 Å². The largest absolute Gasteiger partial charge is 0.501 e. The van der Waals surface area contributed by atoms with E-state index >= 15 is 0 Å².